The number of aliphatic hydroxyl groups excluding tert-OH is 1. The second kappa shape index (κ2) is 16.2. The molecule has 0 radical (unpaired) electrons. The van der Waals surface area contributed by atoms with Crippen molar-refractivity contribution in [1.82, 2.24) is 19.1 Å². The Labute approximate surface area is 310 Å². The predicted molar refractivity (Wildman–Crippen MR) is 195 cm³/mol. The number of nitrogens with one attached hydrogen (secondary N) is 1. The highest BCUT2D eigenvalue weighted by molar-refractivity contribution is 7.89. The van der Waals surface area contributed by atoms with Crippen LogP contribution < -0.4 is 5.32 Å². The molecule has 1 amide bonds. The van der Waals surface area contributed by atoms with Gasteiger partial charge in [0.2, 0.25) is 20.0 Å². The average Bonchev–Trinajstić information content (AvgIpc) is 3.85. The third-order valence-corrected chi connectivity index (χ3v) is 13.2. The van der Waals surface area contributed by atoms with E-state index in [0.29, 0.717) is 18.4 Å². The summed E-state index contributed by atoms with van der Waals surface area (Å²) in [6.07, 6.45) is -2.09. The number of aryl methyl sites for hydroxylation is 1. The van der Waals surface area contributed by atoms with Crippen molar-refractivity contribution < 1.29 is 45.5 Å². The summed E-state index contributed by atoms with van der Waals surface area (Å²) in [4.78, 5) is 13.2. The zero-order chi connectivity index (χ0) is 37.9. The lowest BCUT2D eigenvalue weighted by Gasteiger charge is -2.31. The van der Waals surface area contributed by atoms with Crippen molar-refractivity contribution in [3.05, 3.63) is 89.6 Å². The van der Waals surface area contributed by atoms with Crippen molar-refractivity contribution in [3.63, 3.8) is 0 Å². The fourth-order valence-corrected chi connectivity index (χ4v) is 9.39. The van der Waals surface area contributed by atoms with Crippen LogP contribution in [0.1, 0.15) is 37.1 Å². The van der Waals surface area contributed by atoms with Crippen molar-refractivity contribution in [3.8, 4) is 0 Å². The van der Waals surface area contributed by atoms with E-state index in [1.807, 2.05) is 51.1 Å². The summed E-state index contributed by atoms with van der Waals surface area (Å²) in [5.74, 6) is -0.201. The summed E-state index contributed by atoms with van der Waals surface area (Å²) in [6, 6.07) is 19.1. The van der Waals surface area contributed by atoms with E-state index in [1.165, 1.54) is 41.7 Å². The second-order valence-corrected chi connectivity index (χ2v) is 18.0. The van der Waals surface area contributed by atoms with Crippen LogP contribution >= 0.6 is 0 Å². The number of sulfonamides is 2. The van der Waals surface area contributed by atoms with Crippen LogP contribution in [0.15, 0.2) is 87.1 Å². The predicted octanol–water partition coefficient (Wildman–Crippen LogP) is 4.06. The maximum Gasteiger partial charge on any atom is 0.407 e. The summed E-state index contributed by atoms with van der Waals surface area (Å²) in [6.45, 7) is 5.86. The largest absolute Gasteiger partial charge is 0.443 e. The van der Waals surface area contributed by atoms with Crippen LogP contribution in [0.5, 0.6) is 0 Å². The molecule has 2 aliphatic rings. The van der Waals surface area contributed by atoms with Crippen molar-refractivity contribution in [1.29, 1.82) is 0 Å². The van der Waals surface area contributed by atoms with Gasteiger partial charge in [-0.25, -0.2) is 21.6 Å². The average molecular weight is 771 g/mol. The molecule has 14 nitrogen and oxygen atoms in total. The standard InChI is InChI=1S/C37H46N4O10S2/c1-24(2)20-41(22-33(42)31(18-26-8-6-5-7-9-26)38-37(43)50-35-23-49-36-29(35)16-17-48-36)53(46,47)28-14-15-34-30(19-28)32(39-51-34)21-40(4)52(44,45)27-12-10-25(3)11-13-27/h5-15,19,24,29,31,33,35-36,42H,16-18,20-23H2,1-4H3,(H,38,43)/t29-,31-,33+,35-,36+/m0/s1. The molecule has 2 aliphatic heterocycles. The van der Waals surface area contributed by atoms with Crippen LogP contribution in [-0.4, -0.2) is 99.7 Å². The molecule has 16 heteroatoms. The molecule has 3 aromatic carbocycles. The molecule has 0 unspecified atom stereocenters. The first-order chi connectivity index (χ1) is 25.2. The molecule has 6 rings (SSSR count). The van der Waals surface area contributed by atoms with E-state index in [4.69, 9.17) is 18.7 Å². The number of ether oxygens (including phenoxy) is 3. The molecular formula is C37H46N4O10S2. The van der Waals surface area contributed by atoms with E-state index in [2.05, 4.69) is 10.5 Å². The van der Waals surface area contributed by atoms with E-state index in [0.717, 1.165) is 15.4 Å². The summed E-state index contributed by atoms with van der Waals surface area (Å²) >= 11 is 0. The van der Waals surface area contributed by atoms with Gasteiger partial charge in [-0.1, -0.05) is 67.0 Å². The van der Waals surface area contributed by atoms with Gasteiger partial charge in [0.1, 0.15) is 11.8 Å². The number of carbonyl (C=O) groups excluding carboxylic acids is 1. The highest BCUT2D eigenvalue weighted by Gasteiger charge is 2.44. The Kier molecular flexibility index (Phi) is 11.9. The van der Waals surface area contributed by atoms with Gasteiger partial charge in [0.15, 0.2) is 11.9 Å². The number of fused-ring (bicyclic) bond motifs is 2. The zero-order valence-corrected chi connectivity index (χ0v) is 31.8. The van der Waals surface area contributed by atoms with Gasteiger partial charge in [-0.3, -0.25) is 0 Å². The molecule has 286 valence electrons. The number of hydrogen-bond donors (Lipinski definition) is 2. The van der Waals surface area contributed by atoms with Gasteiger partial charge < -0.3 is 29.2 Å². The molecule has 4 aromatic rings. The Morgan fingerprint density at radius 1 is 0.981 bits per heavy atom. The summed E-state index contributed by atoms with van der Waals surface area (Å²) in [5, 5.41) is 18.9. The number of aromatic nitrogens is 1. The van der Waals surface area contributed by atoms with Crippen LogP contribution in [0.25, 0.3) is 11.0 Å². The molecule has 2 fully saturated rings. The SMILES string of the molecule is Cc1ccc(S(=O)(=O)N(C)Cc2noc3ccc(S(=O)(=O)N(CC(C)C)C[C@@H](O)[C@H](Cc4ccccc4)NC(=O)O[C@H]4CO[C@H]5OCC[C@H]54)cc23)cc1. The van der Waals surface area contributed by atoms with Crippen LogP contribution in [-0.2, 0) is 47.2 Å². The van der Waals surface area contributed by atoms with Crippen molar-refractivity contribution >= 4 is 37.1 Å². The van der Waals surface area contributed by atoms with Crippen LogP contribution in [0, 0.1) is 18.8 Å². The van der Waals surface area contributed by atoms with E-state index < -0.39 is 50.7 Å². The number of nitrogens with zero attached hydrogens (tertiary/aromatic N) is 3. The van der Waals surface area contributed by atoms with Gasteiger partial charge in [0.25, 0.3) is 0 Å². The molecule has 1 aromatic heterocycles. The van der Waals surface area contributed by atoms with Gasteiger partial charge >= 0.3 is 6.09 Å². The Morgan fingerprint density at radius 3 is 2.42 bits per heavy atom. The van der Waals surface area contributed by atoms with E-state index in [1.54, 1.807) is 12.1 Å². The Bertz CT molecular complexity index is 2090. The van der Waals surface area contributed by atoms with Crippen molar-refractivity contribution in [2.24, 2.45) is 11.8 Å². The first kappa shape index (κ1) is 38.8. The molecule has 2 N–H and O–H groups in total. The van der Waals surface area contributed by atoms with Crippen molar-refractivity contribution in [2.45, 2.75) is 74.5 Å². The van der Waals surface area contributed by atoms with Gasteiger partial charge in [0.05, 0.1) is 47.6 Å². The number of carbonyl (C=O) groups is 1. The Hall–Kier alpha value is -3.90. The van der Waals surface area contributed by atoms with Gasteiger partial charge in [-0.15, -0.1) is 0 Å². The zero-order valence-electron chi connectivity index (χ0n) is 30.1. The number of aliphatic hydroxyl groups is 1. The van der Waals surface area contributed by atoms with E-state index in [-0.39, 0.29) is 65.6 Å². The topological polar surface area (TPSA) is 178 Å². The lowest BCUT2D eigenvalue weighted by atomic mass is 10.0. The molecule has 0 spiro atoms. The molecule has 53 heavy (non-hydrogen) atoms. The highest BCUT2D eigenvalue weighted by atomic mass is 32.2. The third-order valence-electron chi connectivity index (χ3n) is 9.52. The molecule has 5 atom stereocenters. The van der Waals surface area contributed by atoms with Gasteiger partial charge in [-0.2, -0.15) is 8.61 Å². The molecule has 0 saturated carbocycles. The maximum atomic E-state index is 14.3. The number of alkyl carbamates (subject to hydrolysis) is 1. The molecule has 0 aliphatic carbocycles. The monoisotopic (exact) mass is 770 g/mol. The van der Waals surface area contributed by atoms with Gasteiger partial charge in [-0.05, 0) is 61.6 Å². The number of hydrogen-bond acceptors (Lipinski definition) is 11. The lowest BCUT2D eigenvalue weighted by Crippen LogP contribution is -2.51. The first-order valence-electron chi connectivity index (χ1n) is 17.6. The van der Waals surface area contributed by atoms with Crippen molar-refractivity contribution in [2.75, 3.05) is 33.4 Å². The van der Waals surface area contributed by atoms with E-state index >= 15 is 0 Å². The number of benzene rings is 3. The minimum absolute atomic E-state index is 0.0659. The fraction of sp³-hybridized carbons (Fsp3) is 0.459. The molecule has 0 bridgehead atoms. The molecule has 3 heterocycles. The summed E-state index contributed by atoms with van der Waals surface area (Å²) in [7, 11) is -6.71. The van der Waals surface area contributed by atoms with E-state index in [9.17, 15) is 26.7 Å². The summed E-state index contributed by atoms with van der Waals surface area (Å²) in [5.41, 5.74) is 2.26. The lowest BCUT2D eigenvalue weighted by molar-refractivity contribution is -0.0907. The maximum absolute atomic E-state index is 14.3. The normalized spacial score (nSPS) is 20.3. The highest BCUT2D eigenvalue weighted by Crippen LogP contribution is 2.33. The third kappa shape index (κ3) is 8.91. The van der Waals surface area contributed by atoms with Crippen LogP contribution in [0.4, 0.5) is 4.79 Å². The van der Waals surface area contributed by atoms with Gasteiger partial charge in [0, 0.05) is 25.5 Å². The second-order valence-electron chi connectivity index (χ2n) is 14.1. The number of rotatable bonds is 15. The molecular weight excluding hydrogens is 725 g/mol. The smallest absolute Gasteiger partial charge is 0.407 e. The van der Waals surface area contributed by atoms with Crippen LogP contribution in [0.3, 0.4) is 0 Å². The molecule has 2 saturated heterocycles. The van der Waals surface area contributed by atoms with Crippen LogP contribution in [0.2, 0.25) is 0 Å². The Morgan fingerprint density at radius 2 is 1.70 bits per heavy atom. The first-order valence-corrected chi connectivity index (χ1v) is 20.4. The Balaban J connectivity index is 1.22. The minimum Gasteiger partial charge on any atom is -0.443 e. The fourth-order valence-electron chi connectivity index (χ4n) is 6.61. The summed E-state index contributed by atoms with van der Waals surface area (Å²) < 4.78 is 79.9. The minimum atomic E-state index is -4.25. The number of amides is 1. The quantitative estimate of drug-likeness (QED) is 0.178.